The number of ether oxygens (including phenoxy) is 2. The molecular weight excluding hydrogens is 390 g/mol. The Morgan fingerprint density at radius 1 is 0.931 bits per heavy atom. The Hall–Kier alpha value is -4.29. The minimum atomic E-state index is -0.788. The fourth-order valence-corrected chi connectivity index (χ4v) is 2.38. The molecule has 0 saturated heterocycles. The topological polar surface area (TPSA) is 172 Å². The van der Waals surface area contributed by atoms with Gasteiger partial charge in [0.1, 0.15) is 5.69 Å². The first kappa shape index (κ1) is 21.0. The van der Waals surface area contributed by atoms with Crippen molar-refractivity contribution in [1.29, 1.82) is 0 Å². The summed E-state index contributed by atoms with van der Waals surface area (Å²) in [6.07, 6.45) is 1.27. The van der Waals surface area contributed by atoms with E-state index in [9.17, 15) is 30.3 Å². The molecule has 2 aromatic rings. The van der Waals surface area contributed by atoms with E-state index >= 15 is 0 Å². The van der Waals surface area contributed by atoms with Crippen molar-refractivity contribution in [3.8, 4) is 11.5 Å². The maximum atomic E-state index is 11.3. The molecule has 0 aliphatic rings. The molecule has 0 aromatic heterocycles. The molecule has 0 amide bonds. The average molecular weight is 405 g/mol. The Balaban J connectivity index is 2.24. The molecule has 0 unspecified atom stereocenters. The van der Waals surface area contributed by atoms with Crippen molar-refractivity contribution in [3.63, 3.8) is 0 Å². The third-order valence-electron chi connectivity index (χ3n) is 3.76. The second kappa shape index (κ2) is 9.07. The molecule has 0 bridgehead atoms. The van der Waals surface area contributed by atoms with Crippen LogP contribution in [0.25, 0.3) is 0 Å². The van der Waals surface area contributed by atoms with Crippen LogP contribution < -0.4 is 14.9 Å². The first-order valence-corrected chi connectivity index (χ1v) is 7.88. The highest BCUT2D eigenvalue weighted by Gasteiger charge is 2.20. The quantitative estimate of drug-likeness (QED) is 0.373. The third-order valence-corrected chi connectivity index (χ3v) is 3.76. The van der Waals surface area contributed by atoms with Gasteiger partial charge in [0.2, 0.25) is 0 Å². The molecule has 0 aliphatic heterocycles. The molecule has 0 spiro atoms. The molecule has 0 fully saturated rings. The second-order valence-corrected chi connectivity index (χ2v) is 5.44. The van der Waals surface area contributed by atoms with Gasteiger partial charge in [0.25, 0.3) is 11.4 Å². The lowest BCUT2D eigenvalue weighted by molar-refractivity contribution is -0.393. The monoisotopic (exact) mass is 405 g/mol. The molecule has 2 rings (SSSR count). The number of nitro groups is 3. The van der Waals surface area contributed by atoms with Gasteiger partial charge in [-0.15, -0.1) is 0 Å². The second-order valence-electron chi connectivity index (χ2n) is 5.44. The molecule has 0 aliphatic carbocycles. The van der Waals surface area contributed by atoms with Crippen molar-refractivity contribution >= 4 is 29.0 Å². The number of nitro benzene ring substituents is 3. The largest absolute Gasteiger partial charge is 0.493 e. The Morgan fingerprint density at radius 2 is 1.55 bits per heavy atom. The summed E-state index contributed by atoms with van der Waals surface area (Å²) < 4.78 is 10.2. The standard InChI is InChI=1S/C16H15N5O8/c1-28-15-7-10(13(20(24)25)9-16(15)29-2)5-6-17-18-12-4-3-11(19(22)23)8-14(12)21(26)27/h3-4,6-9,18H,5H2,1-2H3/b17-6+. The van der Waals surface area contributed by atoms with Gasteiger partial charge in [-0.1, -0.05) is 0 Å². The predicted molar refractivity (Wildman–Crippen MR) is 102 cm³/mol. The molecule has 0 heterocycles. The zero-order valence-electron chi connectivity index (χ0n) is 15.2. The predicted octanol–water partition coefficient (Wildman–Crippen LogP) is 3.07. The van der Waals surface area contributed by atoms with E-state index in [1.165, 1.54) is 32.6 Å². The van der Waals surface area contributed by atoms with E-state index in [4.69, 9.17) is 9.47 Å². The van der Waals surface area contributed by atoms with Crippen LogP contribution in [0.2, 0.25) is 0 Å². The summed E-state index contributed by atoms with van der Waals surface area (Å²) in [4.78, 5) is 31.0. The van der Waals surface area contributed by atoms with Crippen molar-refractivity contribution in [2.75, 3.05) is 19.6 Å². The highest BCUT2D eigenvalue weighted by atomic mass is 16.6. The summed E-state index contributed by atoms with van der Waals surface area (Å²) in [5, 5.41) is 36.9. The highest BCUT2D eigenvalue weighted by Crippen LogP contribution is 2.34. The van der Waals surface area contributed by atoms with E-state index in [1.807, 2.05) is 0 Å². The van der Waals surface area contributed by atoms with Crippen LogP contribution in [0.3, 0.4) is 0 Å². The average Bonchev–Trinajstić information content (AvgIpc) is 2.70. The number of nitrogens with zero attached hydrogens (tertiary/aromatic N) is 4. The minimum Gasteiger partial charge on any atom is -0.493 e. The zero-order valence-corrected chi connectivity index (χ0v) is 15.2. The van der Waals surface area contributed by atoms with Crippen molar-refractivity contribution < 1.29 is 24.2 Å². The molecule has 13 nitrogen and oxygen atoms in total. The molecule has 1 N–H and O–H groups in total. The van der Waals surface area contributed by atoms with E-state index in [-0.39, 0.29) is 29.1 Å². The lowest BCUT2D eigenvalue weighted by atomic mass is 10.1. The molecule has 13 heteroatoms. The van der Waals surface area contributed by atoms with E-state index < -0.39 is 26.1 Å². The summed E-state index contributed by atoms with van der Waals surface area (Å²) in [6.45, 7) is 0. The highest BCUT2D eigenvalue weighted by molar-refractivity contribution is 5.70. The fourth-order valence-electron chi connectivity index (χ4n) is 2.38. The van der Waals surface area contributed by atoms with Gasteiger partial charge in [0.05, 0.1) is 41.1 Å². The van der Waals surface area contributed by atoms with Crippen molar-refractivity contribution in [2.45, 2.75) is 6.42 Å². The smallest absolute Gasteiger partial charge is 0.301 e. The van der Waals surface area contributed by atoms with Gasteiger partial charge in [-0.25, -0.2) is 0 Å². The number of anilines is 1. The van der Waals surface area contributed by atoms with E-state index in [1.54, 1.807) is 0 Å². The number of benzene rings is 2. The number of non-ortho nitro benzene ring substituents is 1. The van der Waals surface area contributed by atoms with Crippen LogP contribution in [0.15, 0.2) is 35.4 Å². The number of rotatable bonds is 9. The molecule has 29 heavy (non-hydrogen) atoms. The maximum absolute atomic E-state index is 11.3. The van der Waals surface area contributed by atoms with Gasteiger partial charge in [0.15, 0.2) is 11.5 Å². The van der Waals surface area contributed by atoms with Gasteiger partial charge in [-0.3, -0.25) is 35.8 Å². The van der Waals surface area contributed by atoms with Crippen LogP contribution in [-0.4, -0.2) is 35.2 Å². The van der Waals surface area contributed by atoms with E-state index in [2.05, 4.69) is 10.5 Å². The zero-order chi connectivity index (χ0) is 21.6. The maximum Gasteiger partial charge on any atom is 0.301 e. The number of hydrogen-bond donors (Lipinski definition) is 1. The first-order chi connectivity index (χ1) is 13.8. The van der Waals surface area contributed by atoms with Crippen molar-refractivity contribution in [3.05, 3.63) is 66.2 Å². The Labute approximate surface area is 163 Å². The SMILES string of the molecule is COc1cc(C/C=N/Nc2ccc([N+](=O)[O-])cc2[N+](=O)[O-])c([N+](=O)[O-])cc1OC. The van der Waals surface area contributed by atoms with Gasteiger partial charge in [-0.2, -0.15) is 5.10 Å². The molecular formula is C16H15N5O8. The summed E-state index contributed by atoms with van der Waals surface area (Å²) in [5.74, 6) is 0.486. The first-order valence-electron chi connectivity index (χ1n) is 7.88. The lowest BCUT2D eigenvalue weighted by Gasteiger charge is -2.09. The van der Waals surface area contributed by atoms with Crippen LogP contribution in [0.1, 0.15) is 5.56 Å². The fraction of sp³-hybridized carbons (Fsp3) is 0.188. The number of methoxy groups -OCH3 is 2. The van der Waals surface area contributed by atoms with Crippen LogP contribution in [0, 0.1) is 30.3 Å². The lowest BCUT2D eigenvalue weighted by Crippen LogP contribution is -2.01. The Bertz CT molecular complexity index is 992. The van der Waals surface area contributed by atoms with Crippen LogP contribution in [-0.2, 0) is 6.42 Å². The van der Waals surface area contributed by atoms with Crippen LogP contribution >= 0.6 is 0 Å². The molecule has 152 valence electrons. The summed E-state index contributed by atoms with van der Waals surface area (Å²) >= 11 is 0. The summed E-state index contributed by atoms with van der Waals surface area (Å²) in [7, 11) is 2.74. The van der Waals surface area contributed by atoms with Gasteiger partial charge in [-0.05, 0) is 12.1 Å². The van der Waals surface area contributed by atoms with Crippen molar-refractivity contribution in [2.24, 2.45) is 5.10 Å². The number of hydrogen-bond acceptors (Lipinski definition) is 10. The van der Waals surface area contributed by atoms with Crippen molar-refractivity contribution in [1.82, 2.24) is 0 Å². The normalized spacial score (nSPS) is 10.6. The minimum absolute atomic E-state index is 0.00441. The molecule has 0 saturated carbocycles. The van der Waals surface area contributed by atoms with E-state index in [0.29, 0.717) is 5.75 Å². The van der Waals surface area contributed by atoms with E-state index in [0.717, 1.165) is 18.2 Å². The number of nitrogens with one attached hydrogen (secondary N) is 1. The summed E-state index contributed by atoms with van der Waals surface area (Å²) in [5.41, 5.74) is 1.43. The van der Waals surface area contributed by atoms with Crippen LogP contribution in [0.4, 0.5) is 22.7 Å². The van der Waals surface area contributed by atoms with Crippen LogP contribution in [0.5, 0.6) is 11.5 Å². The van der Waals surface area contributed by atoms with Gasteiger partial charge >= 0.3 is 5.69 Å². The third kappa shape index (κ3) is 4.91. The molecule has 0 atom stereocenters. The number of hydrazone groups is 1. The Kier molecular flexibility index (Phi) is 6.58. The molecule has 0 radical (unpaired) electrons. The van der Waals surface area contributed by atoms with Gasteiger partial charge < -0.3 is 9.47 Å². The van der Waals surface area contributed by atoms with Gasteiger partial charge in [0, 0.05) is 24.3 Å². The molecule has 2 aromatic carbocycles. The Morgan fingerprint density at radius 3 is 2.10 bits per heavy atom. The summed E-state index contributed by atoms with van der Waals surface area (Å²) in [6, 6.07) is 5.68.